The van der Waals surface area contributed by atoms with Crippen molar-refractivity contribution >= 4 is 31.2 Å². The molecule has 26 heavy (non-hydrogen) atoms. The molecule has 2 rings (SSSR count). The third-order valence-electron chi connectivity index (χ3n) is 3.31. The summed E-state index contributed by atoms with van der Waals surface area (Å²) >= 11 is 0. The van der Waals surface area contributed by atoms with Crippen LogP contribution in [-0.2, 0) is 31.2 Å². The molecule has 1 aliphatic rings. The van der Waals surface area contributed by atoms with Crippen LogP contribution in [0.4, 0.5) is 13.2 Å². The minimum absolute atomic E-state index is 0.281. The zero-order valence-corrected chi connectivity index (χ0v) is 15.4. The Kier molecular flexibility index (Phi) is 5.90. The van der Waals surface area contributed by atoms with Crippen LogP contribution >= 0.6 is 0 Å². The summed E-state index contributed by atoms with van der Waals surface area (Å²) in [5.74, 6) is -1.19. The molecule has 1 aliphatic heterocycles. The molecule has 0 spiro atoms. The van der Waals surface area contributed by atoms with E-state index in [1.165, 1.54) is 0 Å². The number of halogens is 3. The molecule has 1 heterocycles. The number of benzene rings is 1. The van der Waals surface area contributed by atoms with Crippen LogP contribution in [0.3, 0.4) is 0 Å². The van der Waals surface area contributed by atoms with Crippen molar-refractivity contribution in [2.24, 2.45) is 0 Å². The minimum Gasteiger partial charge on any atom is -0.504 e. The van der Waals surface area contributed by atoms with Gasteiger partial charge in [-0.15, -0.1) is 0 Å². The average molecular weight is 437 g/mol. The molecule has 14 heteroatoms. The molecule has 148 valence electrons. The van der Waals surface area contributed by atoms with Gasteiger partial charge in [-0.2, -0.15) is 13.2 Å². The second-order valence-electron chi connectivity index (χ2n) is 5.26. The predicted octanol–water partition coefficient (Wildman–Crippen LogP) is 2.11. The lowest BCUT2D eigenvalue weighted by Gasteiger charge is -2.22. The van der Waals surface area contributed by atoms with Gasteiger partial charge < -0.3 is 18.5 Å². The minimum atomic E-state index is -6.38. The molecule has 0 amide bonds. The van der Waals surface area contributed by atoms with Gasteiger partial charge in [-0.3, -0.25) is 0 Å². The number of rotatable bonds is 5. The molecule has 8 nitrogen and oxygen atoms in total. The van der Waals surface area contributed by atoms with E-state index in [2.05, 4.69) is 4.18 Å². The number of aromatic hydroxyl groups is 2. The van der Waals surface area contributed by atoms with Crippen molar-refractivity contribution in [1.82, 2.24) is 0 Å². The Balaban J connectivity index is 2.26. The fourth-order valence-electron chi connectivity index (χ4n) is 2.18. The maximum atomic E-state index is 12.2. The van der Waals surface area contributed by atoms with Gasteiger partial charge in [-0.1, -0.05) is 0 Å². The van der Waals surface area contributed by atoms with Gasteiger partial charge in [-0.05, 0) is 19.3 Å². The summed E-state index contributed by atoms with van der Waals surface area (Å²) in [5.41, 5.74) is -5.94. The van der Waals surface area contributed by atoms with Crippen LogP contribution in [0.1, 0.15) is 19.3 Å². The summed E-state index contributed by atoms with van der Waals surface area (Å²) in [7, 11) is -12.3. The maximum absolute atomic E-state index is 12.2. The molecule has 1 aromatic rings. The third-order valence-corrected chi connectivity index (χ3v) is 8.25. The average Bonchev–Trinajstić information content (AvgIpc) is 2.49. The summed E-state index contributed by atoms with van der Waals surface area (Å²) < 4.78 is 87.0. The molecule has 0 aliphatic carbocycles. The molecule has 0 unspecified atom stereocenters. The summed E-state index contributed by atoms with van der Waals surface area (Å²) in [6.45, 7) is 0. The first-order valence-corrected chi connectivity index (χ1v) is 11.4. The van der Waals surface area contributed by atoms with Crippen molar-refractivity contribution in [3.8, 4) is 17.2 Å². The van der Waals surface area contributed by atoms with Crippen molar-refractivity contribution in [3.05, 3.63) is 16.3 Å². The monoisotopic (exact) mass is 437 g/mol. The number of sulfonamides is 1. The second kappa shape index (κ2) is 7.32. The Morgan fingerprint density at radius 2 is 1.50 bits per heavy atom. The zero-order valence-electron chi connectivity index (χ0n) is 12.9. The zero-order chi connectivity index (χ0) is 19.8. The van der Waals surface area contributed by atoms with E-state index in [4.69, 9.17) is 0 Å². The van der Waals surface area contributed by atoms with Crippen molar-refractivity contribution in [2.75, 3.05) is 11.5 Å². The summed E-state index contributed by atoms with van der Waals surface area (Å²) in [4.78, 5) is 0.532. The Hall–Kier alpha value is -1.38. The SMILES string of the molecule is O=S(=O)([N-]S(=O)(=O)C(F)(F)F)Oc1c(O)cc([S+]2CCCCC2)cc1O. The first-order valence-electron chi connectivity index (χ1n) is 7.06. The Bertz CT molecular complexity index is 855. The van der Waals surface area contributed by atoms with Crippen molar-refractivity contribution in [1.29, 1.82) is 0 Å². The summed E-state index contributed by atoms with van der Waals surface area (Å²) in [6, 6.07) is 2.24. The molecule has 1 aromatic carbocycles. The molecule has 1 fully saturated rings. The number of phenols is 2. The van der Waals surface area contributed by atoms with E-state index in [0.717, 1.165) is 42.9 Å². The third kappa shape index (κ3) is 4.86. The highest BCUT2D eigenvalue weighted by atomic mass is 32.3. The van der Waals surface area contributed by atoms with Gasteiger partial charge in [0.05, 0.1) is 0 Å². The fourth-order valence-corrected chi connectivity index (χ4v) is 6.32. The molecule has 1 saturated heterocycles. The topological polar surface area (TPSA) is 132 Å². The van der Waals surface area contributed by atoms with E-state index in [-0.39, 0.29) is 10.9 Å². The van der Waals surface area contributed by atoms with Crippen LogP contribution in [-0.4, -0.2) is 44.1 Å². The number of hydrogen-bond acceptors (Lipinski definition) is 7. The second-order valence-corrected chi connectivity index (χ2v) is 10.6. The summed E-state index contributed by atoms with van der Waals surface area (Å²) in [6.07, 6.45) is 2.95. The Labute approximate surface area is 150 Å². The maximum Gasteiger partial charge on any atom is 0.480 e. The quantitative estimate of drug-likeness (QED) is 0.674. The molecule has 2 N–H and O–H groups in total. The largest absolute Gasteiger partial charge is 0.504 e. The van der Waals surface area contributed by atoms with Gasteiger partial charge >= 0.3 is 5.51 Å². The van der Waals surface area contributed by atoms with E-state index in [1.54, 1.807) is 4.13 Å². The molecule has 0 bridgehead atoms. The van der Waals surface area contributed by atoms with Crippen LogP contribution in [0, 0.1) is 0 Å². The number of alkyl halides is 3. The van der Waals surface area contributed by atoms with E-state index in [0.29, 0.717) is 4.90 Å². The van der Waals surface area contributed by atoms with Crippen molar-refractivity contribution < 1.29 is 44.4 Å². The molecule has 0 atom stereocenters. The number of hydrogen-bond donors (Lipinski definition) is 2. The fraction of sp³-hybridized carbons (Fsp3) is 0.500. The van der Waals surface area contributed by atoms with Gasteiger partial charge in [0.15, 0.2) is 26.4 Å². The van der Waals surface area contributed by atoms with Crippen LogP contribution in [0.25, 0.3) is 4.13 Å². The van der Waals surface area contributed by atoms with E-state index in [9.17, 15) is 40.2 Å². The molecular formula is C12H14F3NO7S3. The highest BCUT2D eigenvalue weighted by molar-refractivity contribution is 8.10. The van der Waals surface area contributed by atoms with E-state index >= 15 is 0 Å². The normalized spacial score (nSPS) is 17.2. The Morgan fingerprint density at radius 3 is 1.96 bits per heavy atom. The van der Waals surface area contributed by atoms with Crippen molar-refractivity contribution in [2.45, 2.75) is 29.7 Å². The molecule has 0 aromatic heterocycles. The van der Waals surface area contributed by atoms with Crippen LogP contribution < -0.4 is 4.18 Å². The smallest absolute Gasteiger partial charge is 0.480 e. The van der Waals surface area contributed by atoms with Gasteiger partial charge in [0, 0.05) is 23.0 Å². The highest BCUT2D eigenvalue weighted by Gasteiger charge is 2.41. The van der Waals surface area contributed by atoms with Gasteiger partial charge in [0.2, 0.25) is 16.1 Å². The first-order chi connectivity index (χ1) is 11.8. The van der Waals surface area contributed by atoms with Crippen LogP contribution in [0.5, 0.6) is 17.2 Å². The first kappa shape index (κ1) is 20.9. The summed E-state index contributed by atoms with van der Waals surface area (Å²) in [5, 5.41) is 19.7. The van der Waals surface area contributed by atoms with Crippen LogP contribution in [0.2, 0.25) is 0 Å². The predicted molar refractivity (Wildman–Crippen MR) is 86.9 cm³/mol. The number of phenolic OH excluding ortho intramolecular Hbond substituents is 2. The van der Waals surface area contributed by atoms with Gasteiger partial charge in [0.25, 0.3) is 0 Å². The van der Waals surface area contributed by atoms with Gasteiger partial charge in [-0.25, -0.2) is 16.8 Å². The van der Waals surface area contributed by atoms with E-state index < -0.39 is 43.1 Å². The molecule has 0 saturated carbocycles. The lowest BCUT2D eigenvalue weighted by Crippen LogP contribution is -2.25. The van der Waals surface area contributed by atoms with Gasteiger partial charge in [0.1, 0.15) is 11.5 Å². The Morgan fingerprint density at radius 1 is 1.00 bits per heavy atom. The lowest BCUT2D eigenvalue weighted by molar-refractivity contribution is -0.0425. The molecular weight excluding hydrogens is 423 g/mol. The lowest BCUT2D eigenvalue weighted by atomic mass is 10.3. The highest BCUT2D eigenvalue weighted by Crippen LogP contribution is 2.41. The standard InChI is InChI=1S/C12H14F3NO7S3/c13-12(14,15)25(19,20)16-26(21,22)23-11-9(17)6-8(7-10(11)18)24-4-2-1-3-5-24/h6-7,17-18H,1-5H2. The molecule has 0 radical (unpaired) electrons. The van der Waals surface area contributed by atoms with Crippen molar-refractivity contribution in [3.63, 3.8) is 0 Å². The van der Waals surface area contributed by atoms with Crippen LogP contribution in [0.15, 0.2) is 17.0 Å². The number of nitrogens with zero attached hydrogens (tertiary/aromatic N) is 1. The van der Waals surface area contributed by atoms with E-state index in [1.807, 2.05) is 0 Å².